The van der Waals surface area contributed by atoms with Crippen LogP contribution >= 0.6 is 0 Å². The van der Waals surface area contributed by atoms with E-state index in [1.807, 2.05) is 13.8 Å². The highest BCUT2D eigenvalue weighted by Crippen LogP contribution is 2.60. The first kappa shape index (κ1) is 23.4. The second-order valence-electron chi connectivity index (χ2n) is 10.4. The summed E-state index contributed by atoms with van der Waals surface area (Å²) in [5.41, 5.74) is 13.5. The van der Waals surface area contributed by atoms with E-state index in [0.29, 0.717) is 35.1 Å². The number of hydrogen-bond acceptors (Lipinski definition) is 7. The van der Waals surface area contributed by atoms with E-state index in [4.69, 9.17) is 21.2 Å². The number of aliphatic imine (C=N–C) groups is 1. The van der Waals surface area contributed by atoms with Crippen molar-refractivity contribution < 1.29 is 22.6 Å². The molecule has 4 aliphatic rings. The van der Waals surface area contributed by atoms with Crippen LogP contribution in [0, 0.1) is 17.8 Å². The van der Waals surface area contributed by atoms with Crippen LogP contribution in [0.1, 0.15) is 45.1 Å². The minimum absolute atomic E-state index is 0.0830. The first-order chi connectivity index (χ1) is 16.0. The third-order valence-corrected chi connectivity index (χ3v) is 7.60. The summed E-state index contributed by atoms with van der Waals surface area (Å²) in [7, 11) is 0. The Labute approximate surface area is 197 Å². The van der Waals surface area contributed by atoms with Crippen molar-refractivity contribution in [1.82, 2.24) is 9.88 Å². The van der Waals surface area contributed by atoms with E-state index in [1.54, 1.807) is 6.08 Å². The van der Waals surface area contributed by atoms with Crippen molar-refractivity contribution in [2.45, 2.75) is 63.6 Å². The van der Waals surface area contributed by atoms with Crippen molar-refractivity contribution in [2.75, 3.05) is 25.4 Å². The number of alkyl halides is 3. The third-order valence-electron chi connectivity index (χ3n) is 7.60. The summed E-state index contributed by atoms with van der Waals surface area (Å²) in [6.07, 6.45) is 2.91. The molecule has 2 saturated carbocycles. The van der Waals surface area contributed by atoms with Crippen LogP contribution in [0.2, 0.25) is 0 Å². The first-order valence-electron chi connectivity index (χ1n) is 12.0. The van der Waals surface area contributed by atoms with Crippen LogP contribution in [-0.4, -0.2) is 59.3 Å². The van der Waals surface area contributed by atoms with Gasteiger partial charge in [-0.2, -0.15) is 0 Å². The number of nitrogen functional groups attached to an aromatic ring is 1. The van der Waals surface area contributed by atoms with Crippen molar-refractivity contribution in [3.8, 4) is 5.75 Å². The fourth-order valence-electron chi connectivity index (χ4n) is 6.09. The Bertz CT molecular complexity index is 983. The van der Waals surface area contributed by atoms with Crippen molar-refractivity contribution in [3.63, 3.8) is 0 Å². The molecule has 186 valence electrons. The molecule has 5 rings (SSSR count). The summed E-state index contributed by atoms with van der Waals surface area (Å²) in [5, 5.41) is 0. The van der Waals surface area contributed by atoms with Gasteiger partial charge in [0.1, 0.15) is 0 Å². The molecule has 4 N–H and O–H groups in total. The summed E-state index contributed by atoms with van der Waals surface area (Å²) in [4.78, 5) is 11.2. The van der Waals surface area contributed by atoms with Crippen LogP contribution < -0.4 is 16.2 Å². The fourth-order valence-corrected chi connectivity index (χ4v) is 6.09. The minimum atomic E-state index is -4.86. The molecule has 1 spiro atoms. The van der Waals surface area contributed by atoms with E-state index in [0.717, 1.165) is 38.2 Å². The summed E-state index contributed by atoms with van der Waals surface area (Å²) < 4.78 is 48.0. The minimum Gasteiger partial charge on any atom is -0.402 e. The molecule has 4 atom stereocenters. The van der Waals surface area contributed by atoms with Crippen LogP contribution in [0.25, 0.3) is 5.70 Å². The van der Waals surface area contributed by atoms with Crippen LogP contribution in [0.3, 0.4) is 0 Å². The number of aromatic nitrogens is 1. The Morgan fingerprint density at radius 2 is 2.03 bits per heavy atom. The van der Waals surface area contributed by atoms with Crippen molar-refractivity contribution in [2.24, 2.45) is 28.5 Å². The predicted molar refractivity (Wildman–Crippen MR) is 123 cm³/mol. The Balaban J connectivity index is 1.26. The lowest BCUT2D eigenvalue weighted by Crippen LogP contribution is -2.64. The van der Waals surface area contributed by atoms with Crippen LogP contribution in [0.15, 0.2) is 23.3 Å². The molecule has 1 aromatic heterocycles. The maximum atomic E-state index is 12.7. The number of nitrogens with two attached hydrogens (primary N) is 2. The zero-order valence-electron chi connectivity index (χ0n) is 19.5. The average Bonchev–Trinajstić information content (AvgIpc) is 3.08. The summed E-state index contributed by atoms with van der Waals surface area (Å²) >= 11 is 0. The van der Waals surface area contributed by atoms with E-state index >= 15 is 0 Å². The van der Waals surface area contributed by atoms with Gasteiger partial charge in [-0.05, 0) is 63.5 Å². The number of pyridine rings is 1. The normalized spacial score (nSPS) is 31.1. The number of anilines is 1. The zero-order chi connectivity index (χ0) is 24.3. The number of rotatable bonds is 6. The highest BCUT2D eigenvalue weighted by atomic mass is 19.4. The second kappa shape index (κ2) is 8.41. The number of allylic oxidation sites excluding steroid dienone is 1. The van der Waals surface area contributed by atoms with Gasteiger partial charge in [-0.15, -0.1) is 13.2 Å². The van der Waals surface area contributed by atoms with Gasteiger partial charge in [-0.25, -0.2) is 4.98 Å². The van der Waals surface area contributed by atoms with Gasteiger partial charge in [0.2, 0.25) is 0 Å². The number of hydrogen-bond donors (Lipinski definition) is 2. The quantitative estimate of drug-likeness (QED) is 0.605. The SMILES string of the molecule is CC(C)N=C(C=C(N)c1cnc(N)c(OC(F)(F)F)c1)C1[C@H]2CC(N3CC4(CCCO4)C3)C[C@@H]12. The molecule has 0 aromatic carbocycles. The van der Waals surface area contributed by atoms with Gasteiger partial charge in [0.15, 0.2) is 11.6 Å². The molecule has 10 heteroatoms. The highest BCUT2D eigenvalue weighted by Gasteiger charge is 2.60. The van der Waals surface area contributed by atoms with Gasteiger partial charge < -0.3 is 20.9 Å². The Morgan fingerprint density at radius 1 is 1.32 bits per heavy atom. The largest absolute Gasteiger partial charge is 0.573 e. The highest BCUT2D eigenvalue weighted by molar-refractivity contribution is 6.04. The maximum Gasteiger partial charge on any atom is 0.573 e. The number of ether oxygens (including phenoxy) is 2. The molecular weight excluding hydrogens is 447 g/mol. The molecule has 4 fully saturated rings. The number of halogens is 3. The molecule has 3 heterocycles. The van der Waals surface area contributed by atoms with E-state index in [9.17, 15) is 13.2 Å². The van der Waals surface area contributed by atoms with Crippen molar-refractivity contribution >= 4 is 17.2 Å². The van der Waals surface area contributed by atoms with Gasteiger partial charge in [0.05, 0.1) is 5.60 Å². The predicted octanol–water partition coefficient (Wildman–Crippen LogP) is 3.60. The smallest absolute Gasteiger partial charge is 0.402 e. The molecule has 7 nitrogen and oxygen atoms in total. The first-order valence-corrected chi connectivity index (χ1v) is 12.0. The van der Waals surface area contributed by atoms with Gasteiger partial charge in [-0.1, -0.05) is 0 Å². The molecule has 1 aromatic rings. The average molecular weight is 480 g/mol. The van der Waals surface area contributed by atoms with Crippen LogP contribution in [0.4, 0.5) is 19.0 Å². The Morgan fingerprint density at radius 3 is 2.62 bits per heavy atom. The van der Waals surface area contributed by atoms with Gasteiger partial charge in [-0.3, -0.25) is 9.89 Å². The van der Waals surface area contributed by atoms with Crippen molar-refractivity contribution in [1.29, 1.82) is 0 Å². The third kappa shape index (κ3) is 4.62. The maximum absolute atomic E-state index is 12.7. The molecule has 2 saturated heterocycles. The van der Waals surface area contributed by atoms with Gasteiger partial charge in [0.25, 0.3) is 0 Å². The number of nitrogens with zero attached hydrogens (tertiary/aromatic N) is 3. The molecule has 2 unspecified atom stereocenters. The van der Waals surface area contributed by atoms with Crippen LogP contribution in [0.5, 0.6) is 5.75 Å². The summed E-state index contributed by atoms with van der Waals surface area (Å²) in [6, 6.07) is 1.86. The Kier molecular flexibility index (Phi) is 5.79. The van der Waals surface area contributed by atoms with Gasteiger partial charge in [0, 0.05) is 60.9 Å². The van der Waals surface area contributed by atoms with E-state index in [2.05, 4.69) is 14.6 Å². The monoisotopic (exact) mass is 479 g/mol. The van der Waals surface area contributed by atoms with E-state index in [-0.39, 0.29) is 17.5 Å². The molecule has 2 aliphatic heterocycles. The standard InChI is InChI=1S/C24H32F3N5O2/c1-13(2)31-19(9-18(28)14-6-20(22(29)30-10-14)34-24(25,26)27)21-16-7-15(8-17(16)21)32-11-23(12-32)4-3-5-33-23/h6,9-10,13,15-17,21H,3-5,7-8,11-12,28H2,1-2H3,(H2,29,30)/t15?,16-,17+,21?. The molecule has 34 heavy (non-hydrogen) atoms. The lowest BCUT2D eigenvalue weighted by atomic mass is 9.87. The molecule has 0 radical (unpaired) electrons. The lowest BCUT2D eigenvalue weighted by molar-refractivity contribution is -0.274. The fraction of sp³-hybridized carbons (Fsp3) is 0.667. The van der Waals surface area contributed by atoms with Crippen LogP contribution in [-0.2, 0) is 4.74 Å². The zero-order valence-corrected chi connectivity index (χ0v) is 19.5. The second-order valence-corrected chi connectivity index (χ2v) is 10.4. The Hall–Kier alpha value is -2.33. The lowest BCUT2D eigenvalue weighted by Gasteiger charge is -2.50. The summed E-state index contributed by atoms with van der Waals surface area (Å²) in [6.45, 7) is 7.00. The van der Waals surface area contributed by atoms with E-state index in [1.165, 1.54) is 25.1 Å². The topological polar surface area (TPSA) is 99.0 Å². The molecule has 0 bridgehead atoms. The summed E-state index contributed by atoms with van der Waals surface area (Å²) in [5.74, 6) is 0.571. The van der Waals surface area contributed by atoms with Crippen molar-refractivity contribution in [3.05, 3.63) is 23.9 Å². The molecule has 2 aliphatic carbocycles. The number of likely N-dealkylation sites (tertiary alicyclic amines) is 1. The van der Waals surface area contributed by atoms with Gasteiger partial charge >= 0.3 is 6.36 Å². The number of fused-ring (bicyclic) bond motifs is 1. The van der Waals surface area contributed by atoms with E-state index < -0.39 is 12.1 Å². The molecule has 0 amide bonds. The molecular formula is C24H32F3N5O2.